The topological polar surface area (TPSA) is 58.6 Å². The Hall–Kier alpha value is -1.55. The molecule has 1 fully saturated rings. The zero-order valence-corrected chi connectivity index (χ0v) is 10.3. The van der Waals surface area contributed by atoms with Crippen molar-refractivity contribution in [2.24, 2.45) is 5.92 Å². The fourth-order valence-corrected chi connectivity index (χ4v) is 2.21. The van der Waals surface area contributed by atoms with Crippen LogP contribution in [0.3, 0.4) is 0 Å². The number of aliphatic hydroxyl groups is 1. The van der Waals surface area contributed by atoms with Crippen LogP contribution in [0, 0.1) is 5.92 Å². The van der Waals surface area contributed by atoms with Gasteiger partial charge < -0.3 is 15.2 Å². The summed E-state index contributed by atoms with van der Waals surface area (Å²) < 4.78 is 5.13. The maximum Gasteiger partial charge on any atom is 0.412 e. The molecule has 0 spiro atoms. The van der Waals surface area contributed by atoms with Crippen LogP contribution in [-0.2, 0) is 0 Å². The second-order valence-electron chi connectivity index (χ2n) is 4.76. The molecule has 0 bridgehead atoms. The quantitative estimate of drug-likeness (QED) is 0.864. The molecule has 1 aliphatic rings. The van der Waals surface area contributed by atoms with Crippen LogP contribution in [0.2, 0.25) is 0 Å². The molecule has 4 nitrogen and oxygen atoms in total. The highest BCUT2D eigenvalue weighted by molar-refractivity contribution is 5.70. The maximum absolute atomic E-state index is 11.5. The summed E-state index contributed by atoms with van der Waals surface area (Å²) >= 11 is 0. The number of hydrogen-bond acceptors (Lipinski definition) is 3. The fraction of sp³-hybridized carbons (Fsp3) is 0.500. The second-order valence-corrected chi connectivity index (χ2v) is 4.76. The first-order chi connectivity index (χ1) is 8.74. The Balaban J connectivity index is 1.69. The predicted molar refractivity (Wildman–Crippen MR) is 68.4 cm³/mol. The molecule has 1 aromatic rings. The van der Waals surface area contributed by atoms with E-state index in [2.05, 4.69) is 5.32 Å². The van der Waals surface area contributed by atoms with E-state index in [0.29, 0.717) is 18.2 Å². The lowest BCUT2D eigenvalue weighted by Crippen LogP contribution is -2.33. The van der Waals surface area contributed by atoms with Crippen LogP contribution in [0.4, 0.5) is 4.79 Å². The number of nitrogens with one attached hydrogen (secondary N) is 1. The van der Waals surface area contributed by atoms with E-state index in [1.165, 1.54) is 0 Å². The normalized spacial score (nSPS) is 23.4. The zero-order chi connectivity index (χ0) is 12.8. The molecule has 0 atom stereocenters. The van der Waals surface area contributed by atoms with Gasteiger partial charge in [0.1, 0.15) is 5.75 Å². The van der Waals surface area contributed by atoms with Crippen molar-refractivity contribution >= 4 is 6.09 Å². The van der Waals surface area contributed by atoms with E-state index in [0.717, 1.165) is 25.7 Å². The summed E-state index contributed by atoms with van der Waals surface area (Å²) in [4.78, 5) is 11.5. The molecule has 1 aromatic carbocycles. The third-order valence-electron chi connectivity index (χ3n) is 3.31. The zero-order valence-electron chi connectivity index (χ0n) is 10.3. The SMILES string of the molecule is O=C(NCC1CCC(O)CC1)Oc1ccccc1. The molecule has 2 rings (SSSR count). The van der Waals surface area contributed by atoms with E-state index in [4.69, 9.17) is 4.74 Å². The number of ether oxygens (including phenoxy) is 1. The first-order valence-electron chi connectivity index (χ1n) is 6.43. The van der Waals surface area contributed by atoms with Crippen molar-refractivity contribution in [3.05, 3.63) is 30.3 Å². The van der Waals surface area contributed by atoms with Gasteiger partial charge in [-0.05, 0) is 43.7 Å². The average Bonchev–Trinajstić information content (AvgIpc) is 2.39. The van der Waals surface area contributed by atoms with E-state index in [1.54, 1.807) is 12.1 Å². The Morgan fingerprint density at radius 2 is 1.89 bits per heavy atom. The van der Waals surface area contributed by atoms with Crippen LogP contribution in [0.5, 0.6) is 5.75 Å². The molecule has 1 aliphatic carbocycles. The number of aliphatic hydroxyl groups excluding tert-OH is 1. The van der Waals surface area contributed by atoms with Crippen LogP contribution >= 0.6 is 0 Å². The number of benzene rings is 1. The molecular formula is C14H19NO3. The molecule has 1 amide bonds. The van der Waals surface area contributed by atoms with Gasteiger partial charge in [0.25, 0.3) is 0 Å². The molecule has 0 unspecified atom stereocenters. The lowest BCUT2D eigenvalue weighted by Gasteiger charge is -2.25. The number of rotatable bonds is 3. The summed E-state index contributed by atoms with van der Waals surface area (Å²) in [5, 5.41) is 12.2. The molecule has 4 heteroatoms. The molecule has 0 radical (unpaired) electrons. The largest absolute Gasteiger partial charge is 0.412 e. The van der Waals surface area contributed by atoms with Crippen molar-refractivity contribution in [1.29, 1.82) is 0 Å². The predicted octanol–water partition coefficient (Wildman–Crippen LogP) is 2.33. The number of amides is 1. The summed E-state index contributed by atoms with van der Waals surface area (Å²) in [7, 11) is 0. The number of carbonyl (C=O) groups is 1. The average molecular weight is 249 g/mol. The summed E-state index contributed by atoms with van der Waals surface area (Å²) in [6.07, 6.45) is 3.03. The van der Waals surface area contributed by atoms with Crippen LogP contribution in [-0.4, -0.2) is 23.8 Å². The van der Waals surface area contributed by atoms with Gasteiger partial charge in [-0.3, -0.25) is 0 Å². The van der Waals surface area contributed by atoms with E-state index in [9.17, 15) is 9.90 Å². The number of carbonyl (C=O) groups excluding carboxylic acids is 1. The van der Waals surface area contributed by atoms with Gasteiger partial charge in [0.05, 0.1) is 6.10 Å². The fourth-order valence-electron chi connectivity index (χ4n) is 2.21. The summed E-state index contributed by atoms with van der Waals surface area (Å²) in [6.45, 7) is 0.623. The van der Waals surface area contributed by atoms with Crippen molar-refractivity contribution in [1.82, 2.24) is 5.32 Å². The van der Waals surface area contributed by atoms with Gasteiger partial charge in [-0.1, -0.05) is 18.2 Å². The van der Waals surface area contributed by atoms with E-state index < -0.39 is 6.09 Å². The van der Waals surface area contributed by atoms with Gasteiger partial charge in [-0.15, -0.1) is 0 Å². The molecule has 0 saturated heterocycles. The van der Waals surface area contributed by atoms with E-state index in [1.807, 2.05) is 18.2 Å². The van der Waals surface area contributed by atoms with Crippen molar-refractivity contribution < 1.29 is 14.6 Å². The maximum atomic E-state index is 11.5. The minimum absolute atomic E-state index is 0.155. The minimum Gasteiger partial charge on any atom is -0.410 e. The van der Waals surface area contributed by atoms with Crippen molar-refractivity contribution in [3.63, 3.8) is 0 Å². The summed E-state index contributed by atoms with van der Waals surface area (Å²) in [5.41, 5.74) is 0. The highest BCUT2D eigenvalue weighted by Gasteiger charge is 2.19. The second kappa shape index (κ2) is 6.40. The third kappa shape index (κ3) is 4.04. The Labute approximate surface area is 107 Å². The summed E-state index contributed by atoms with van der Waals surface area (Å²) in [5.74, 6) is 1.01. The van der Waals surface area contributed by atoms with E-state index >= 15 is 0 Å². The summed E-state index contributed by atoms with van der Waals surface area (Å²) in [6, 6.07) is 9.02. The van der Waals surface area contributed by atoms with Crippen molar-refractivity contribution in [2.45, 2.75) is 31.8 Å². The molecule has 98 valence electrons. The number of para-hydroxylation sites is 1. The Morgan fingerprint density at radius 1 is 1.22 bits per heavy atom. The van der Waals surface area contributed by atoms with Gasteiger partial charge in [0.15, 0.2) is 0 Å². The third-order valence-corrected chi connectivity index (χ3v) is 3.31. The standard InChI is InChI=1S/C14H19NO3/c16-12-8-6-11(7-9-12)10-15-14(17)18-13-4-2-1-3-5-13/h1-5,11-12,16H,6-10H2,(H,15,17). The van der Waals surface area contributed by atoms with Crippen molar-refractivity contribution in [3.8, 4) is 5.75 Å². The monoisotopic (exact) mass is 249 g/mol. The van der Waals surface area contributed by atoms with Crippen LogP contribution in [0.25, 0.3) is 0 Å². The Kier molecular flexibility index (Phi) is 4.59. The molecule has 0 aliphatic heterocycles. The first kappa shape index (κ1) is 12.9. The molecule has 0 aromatic heterocycles. The van der Waals surface area contributed by atoms with Crippen LogP contribution in [0.15, 0.2) is 30.3 Å². The highest BCUT2D eigenvalue weighted by atomic mass is 16.6. The Bertz CT molecular complexity index is 372. The van der Waals surface area contributed by atoms with Gasteiger partial charge in [-0.25, -0.2) is 4.79 Å². The molecule has 18 heavy (non-hydrogen) atoms. The van der Waals surface area contributed by atoms with Crippen molar-refractivity contribution in [2.75, 3.05) is 6.54 Å². The molecule has 2 N–H and O–H groups in total. The first-order valence-corrected chi connectivity index (χ1v) is 6.43. The highest BCUT2D eigenvalue weighted by Crippen LogP contribution is 2.23. The van der Waals surface area contributed by atoms with Crippen LogP contribution in [0.1, 0.15) is 25.7 Å². The molecule has 0 heterocycles. The lowest BCUT2D eigenvalue weighted by molar-refractivity contribution is 0.108. The van der Waals surface area contributed by atoms with Gasteiger partial charge >= 0.3 is 6.09 Å². The smallest absolute Gasteiger partial charge is 0.410 e. The number of hydrogen-bond donors (Lipinski definition) is 2. The van der Waals surface area contributed by atoms with E-state index in [-0.39, 0.29) is 6.10 Å². The Morgan fingerprint density at radius 3 is 2.56 bits per heavy atom. The molecular weight excluding hydrogens is 230 g/mol. The molecule has 1 saturated carbocycles. The van der Waals surface area contributed by atoms with Gasteiger partial charge in [-0.2, -0.15) is 0 Å². The minimum atomic E-state index is -0.410. The lowest BCUT2D eigenvalue weighted by atomic mass is 9.87. The van der Waals surface area contributed by atoms with Gasteiger partial charge in [0, 0.05) is 6.54 Å². The van der Waals surface area contributed by atoms with Crippen LogP contribution < -0.4 is 10.1 Å². The van der Waals surface area contributed by atoms with Gasteiger partial charge in [0.2, 0.25) is 0 Å².